The largest absolute Gasteiger partial charge is 0.493 e. The van der Waals surface area contributed by atoms with Crippen LogP contribution in [0.5, 0.6) is 5.75 Å². The molecule has 1 atom stereocenters. The molecule has 15 heavy (non-hydrogen) atoms. The molecule has 1 rings (SSSR count). The maximum absolute atomic E-state index is 6.13. The monoisotopic (exact) mass is 207 g/mol. The van der Waals surface area contributed by atoms with Crippen molar-refractivity contribution in [1.82, 2.24) is 0 Å². The van der Waals surface area contributed by atoms with E-state index < -0.39 is 0 Å². The van der Waals surface area contributed by atoms with Crippen molar-refractivity contribution in [2.75, 3.05) is 6.61 Å². The van der Waals surface area contributed by atoms with Crippen molar-refractivity contribution in [2.45, 2.75) is 33.2 Å². The zero-order valence-electron chi connectivity index (χ0n) is 9.86. The van der Waals surface area contributed by atoms with E-state index in [0.29, 0.717) is 5.92 Å². The van der Waals surface area contributed by atoms with E-state index in [-0.39, 0.29) is 6.04 Å². The van der Waals surface area contributed by atoms with Crippen molar-refractivity contribution < 1.29 is 4.74 Å². The molecule has 0 amide bonds. The van der Waals surface area contributed by atoms with Crippen LogP contribution in [0.1, 0.15) is 38.8 Å². The minimum absolute atomic E-state index is 0.0538. The second-order valence-corrected chi connectivity index (χ2v) is 4.16. The van der Waals surface area contributed by atoms with Gasteiger partial charge in [-0.1, -0.05) is 39.0 Å². The van der Waals surface area contributed by atoms with Crippen LogP contribution in [0.15, 0.2) is 24.3 Å². The molecule has 0 heterocycles. The molecule has 0 aliphatic rings. The molecule has 0 aliphatic heterocycles. The summed E-state index contributed by atoms with van der Waals surface area (Å²) in [7, 11) is 0. The average molecular weight is 207 g/mol. The van der Waals surface area contributed by atoms with E-state index in [2.05, 4.69) is 26.8 Å². The van der Waals surface area contributed by atoms with E-state index in [4.69, 9.17) is 10.5 Å². The number of benzene rings is 1. The molecule has 1 aromatic rings. The highest BCUT2D eigenvalue weighted by atomic mass is 16.5. The lowest BCUT2D eigenvalue weighted by Crippen LogP contribution is -2.17. The maximum Gasteiger partial charge on any atom is 0.124 e. The molecule has 0 radical (unpaired) electrons. The molecule has 0 spiro atoms. The quantitative estimate of drug-likeness (QED) is 0.805. The molecule has 2 N–H and O–H groups in total. The Morgan fingerprint density at radius 1 is 1.27 bits per heavy atom. The molecule has 0 aliphatic carbocycles. The number of nitrogens with two attached hydrogens (primary N) is 1. The average Bonchev–Trinajstić information content (AvgIpc) is 2.25. The van der Waals surface area contributed by atoms with Gasteiger partial charge in [0.15, 0.2) is 0 Å². The molecule has 84 valence electrons. The third-order valence-electron chi connectivity index (χ3n) is 2.46. The lowest BCUT2D eigenvalue weighted by molar-refractivity contribution is 0.309. The summed E-state index contributed by atoms with van der Waals surface area (Å²) in [5, 5.41) is 0. The predicted octanol–water partition coefficient (Wildman–Crippen LogP) is 3.13. The van der Waals surface area contributed by atoms with E-state index in [9.17, 15) is 0 Å². The molecule has 0 aromatic heterocycles. The van der Waals surface area contributed by atoms with Gasteiger partial charge < -0.3 is 10.5 Å². The first kappa shape index (κ1) is 12.1. The van der Waals surface area contributed by atoms with Crippen LogP contribution in [0.2, 0.25) is 0 Å². The fourth-order valence-electron chi connectivity index (χ4n) is 1.46. The van der Waals surface area contributed by atoms with Crippen LogP contribution in [0.3, 0.4) is 0 Å². The molecule has 2 nitrogen and oxygen atoms in total. The smallest absolute Gasteiger partial charge is 0.124 e. The first-order chi connectivity index (χ1) is 7.16. The number of ether oxygens (including phenoxy) is 1. The van der Waals surface area contributed by atoms with Gasteiger partial charge >= 0.3 is 0 Å². The van der Waals surface area contributed by atoms with E-state index in [1.807, 2.05) is 18.2 Å². The van der Waals surface area contributed by atoms with Crippen molar-refractivity contribution >= 4 is 0 Å². The van der Waals surface area contributed by atoms with Gasteiger partial charge in [-0.2, -0.15) is 0 Å². The molecule has 2 heteroatoms. The standard InChI is InChI=1S/C13H21NO/c1-4-9-15-12-8-6-5-7-11(12)13(14)10(2)3/h5-8,10,13H,4,9,14H2,1-3H3/t13-/m0/s1. The Hall–Kier alpha value is -1.02. The molecular formula is C13H21NO. The van der Waals surface area contributed by atoms with Gasteiger partial charge in [-0.15, -0.1) is 0 Å². The Morgan fingerprint density at radius 3 is 2.53 bits per heavy atom. The Labute approximate surface area is 92.4 Å². The molecular weight excluding hydrogens is 186 g/mol. The van der Waals surface area contributed by atoms with Gasteiger partial charge in [-0.25, -0.2) is 0 Å². The first-order valence-electron chi connectivity index (χ1n) is 5.64. The van der Waals surface area contributed by atoms with Crippen molar-refractivity contribution in [3.63, 3.8) is 0 Å². The molecule has 0 unspecified atom stereocenters. The van der Waals surface area contributed by atoms with Gasteiger partial charge in [0.1, 0.15) is 5.75 Å². The highest BCUT2D eigenvalue weighted by Crippen LogP contribution is 2.27. The normalized spacial score (nSPS) is 12.9. The maximum atomic E-state index is 6.13. The summed E-state index contributed by atoms with van der Waals surface area (Å²) in [6, 6.07) is 8.10. The highest BCUT2D eigenvalue weighted by Gasteiger charge is 2.14. The van der Waals surface area contributed by atoms with Crippen LogP contribution in [-0.2, 0) is 0 Å². The number of rotatable bonds is 5. The van der Waals surface area contributed by atoms with Crippen LogP contribution in [0.4, 0.5) is 0 Å². The fraction of sp³-hybridized carbons (Fsp3) is 0.538. The summed E-state index contributed by atoms with van der Waals surface area (Å²) in [5.74, 6) is 1.36. The highest BCUT2D eigenvalue weighted by molar-refractivity contribution is 5.35. The molecule has 0 saturated heterocycles. The second kappa shape index (κ2) is 5.76. The third-order valence-corrected chi connectivity index (χ3v) is 2.46. The van der Waals surface area contributed by atoms with Crippen molar-refractivity contribution in [1.29, 1.82) is 0 Å². The Morgan fingerprint density at radius 2 is 1.93 bits per heavy atom. The fourth-order valence-corrected chi connectivity index (χ4v) is 1.46. The van der Waals surface area contributed by atoms with Gasteiger partial charge in [0.2, 0.25) is 0 Å². The summed E-state index contributed by atoms with van der Waals surface area (Å²) in [4.78, 5) is 0. The summed E-state index contributed by atoms with van der Waals surface area (Å²) in [6.07, 6.45) is 1.02. The Kier molecular flexibility index (Phi) is 4.63. The van der Waals surface area contributed by atoms with E-state index in [1.54, 1.807) is 0 Å². The summed E-state index contributed by atoms with van der Waals surface area (Å²) in [5.41, 5.74) is 7.24. The number of hydrogen-bond acceptors (Lipinski definition) is 2. The van der Waals surface area contributed by atoms with Crippen LogP contribution in [0, 0.1) is 5.92 Å². The zero-order chi connectivity index (χ0) is 11.3. The third kappa shape index (κ3) is 3.24. The molecule has 1 aromatic carbocycles. The van der Waals surface area contributed by atoms with Gasteiger partial charge in [0.25, 0.3) is 0 Å². The van der Waals surface area contributed by atoms with Gasteiger partial charge in [-0.3, -0.25) is 0 Å². The van der Waals surface area contributed by atoms with Crippen LogP contribution < -0.4 is 10.5 Å². The number of hydrogen-bond donors (Lipinski definition) is 1. The van der Waals surface area contributed by atoms with Crippen LogP contribution >= 0.6 is 0 Å². The van der Waals surface area contributed by atoms with Gasteiger partial charge in [-0.05, 0) is 18.4 Å². The molecule has 0 fully saturated rings. The molecule has 0 bridgehead atoms. The SMILES string of the molecule is CCCOc1ccccc1[C@@H](N)C(C)C. The van der Waals surface area contributed by atoms with Crippen LogP contribution in [-0.4, -0.2) is 6.61 Å². The van der Waals surface area contributed by atoms with Crippen molar-refractivity contribution in [2.24, 2.45) is 11.7 Å². The first-order valence-corrected chi connectivity index (χ1v) is 5.64. The minimum Gasteiger partial charge on any atom is -0.493 e. The van der Waals surface area contributed by atoms with E-state index in [1.165, 1.54) is 0 Å². The van der Waals surface area contributed by atoms with Gasteiger partial charge in [0, 0.05) is 11.6 Å². The van der Waals surface area contributed by atoms with E-state index in [0.717, 1.165) is 24.3 Å². The Bertz CT molecular complexity index is 296. The van der Waals surface area contributed by atoms with E-state index >= 15 is 0 Å². The zero-order valence-corrected chi connectivity index (χ0v) is 9.86. The van der Waals surface area contributed by atoms with Gasteiger partial charge in [0.05, 0.1) is 6.61 Å². The summed E-state index contributed by atoms with van der Waals surface area (Å²) in [6.45, 7) is 7.11. The Balaban J connectivity index is 2.85. The predicted molar refractivity (Wildman–Crippen MR) is 64.0 cm³/mol. The topological polar surface area (TPSA) is 35.2 Å². The minimum atomic E-state index is 0.0538. The summed E-state index contributed by atoms with van der Waals surface area (Å²) < 4.78 is 5.68. The lowest BCUT2D eigenvalue weighted by atomic mass is 9.96. The van der Waals surface area contributed by atoms with Crippen LogP contribution in [0.25, 0.3) is 0 Å². The second-order valence-electron chi connectivity index (χ2n) is 4.16. The molecule has 0 saturated carbocycles. The number of para-hydroxylation sites is 1. The van der Waals surface area contributed by atoms with Crippen molar-refractivity contribution in [3.8, 4) is 5.75 Å². The summed E-state index contributed by atoms with van der Waals surface area (Å²) >= 11 is 0. The lowest BCUT2D eigenvalue weighted by Gasteiger charge is -2.19. The van der Waals surface area contributed by atoms with Crippen molar-refractivity contribution in [3.05, 3.63) is 29.8 Å².